The number of hydrogen-bond donors (Lipinski definition) is 0. The van der Waals surface area contributed by atoms with Gasteiger partial charge in [-0.05, 0) is 72.0 Å². The molecule has 0 atom stereocenters. The molecule has 2 heterocycles. The van der Waals surface area contributed by atoms with Crippen LogP contribution in [0.5, 0.6) is 0 Å². The average molecular weight is 733 g/mol. The first kappa shape index (κ1) is 34.5. The molecule has 9 rings (SSSR count). The van der Waals surface area contributed by atoms with Crippen LogP contribution in [0.4, 0.5) is 18.9 Å². The van der Waals surface area contributed by atoms with E-state index < -0.39 is 11.7 Å². The molecule has 0 radical (unpaired) electrons. The fourth-order valence-electron chi connectivity index (χ4n) is 7.48. The maximum atomic E-state index is 14.4. The Morgan fingerprint density at radius 1 is 0.518 bits per heavy atom. The molecule has 0 fully saturated rings. The van der Waals surface area contributed by atoms with E-state index in [0.717, 1.165) is 55.7 Å². The van der Waals surface area contributed by atoms with Gasteiger partial charge in [-0.2, -0.15) is 13.2 Å². The number of aryl methyl sites for hydroxylation is 1. The molecule has 9 aromatic rings. The molecule has 4 nitrogen and oxygen atoms in total. The van der Waals surface area contributed by atoms with Gasteiger partial charge in [0.2, 0.25) is 0 Å². The standard InChI is InChI=1S/C49H31F3N4/c1-31-13-11-18-34(25-31)40-27-36(48-54-43(32-14-5-3-6-15-32)30-44(55-48)33-16-7-4-8-17-33)28-41(35-19-12-20-37(26-35)49(50,51)52)47(40)56-45-22-10-9-21-39(45)42-29-38(53-2)23-24-46(42)56/h3-30H,1H3. The zero-order valence-electron chi connectivity index (χ0n) is 30.1. The molecule has 0 aliphatic carbocycles. The number of aromatic nitrogens is 3. The third kappa shape index (κ3) is 6.27. The van der Waals surface area contributed by atoms with Crippen molar-refractivity contribution in [3.8, 4) is 61.8 Å². The van der Waals surface area contributed by atoms with Crippen molar-refractivity contribution in [2.45, 2.75) is 13.1 Å². The zero-order chi connectivity index (χ0) is 38.4. The Balaban J connectivity index is 1.43. The van der Waals surface area contributed by atoms with Gasteiger partial charge in [-0.15, -0.1) is 0 Å². The summed E-state index contributed by atoms with van der Waals surface area (Å²) in [5.74, 6) is 0.433. The summed E-state index contributed by atoms with van der Waals surface area (Å²) in [6.45, 7) is 9.76. The van der Waals surface area contributed by atoms with Crippen molar-refractivity contribution in [1.29, 1.82) is 0 Å². The number of alkyl halides is 3. The quantitative estimate of drug-likeness (QED) is 0.160. The summed E-state index contributed by atoms with van der Waals surface area (Å²) in [7, 11) is 0. The van der Waals surface area contributed by atoms with E-state index in [2.05, 4.69) is 15.5 Å². The van der Waals surface area contributed by atoms with Crippen LogP contribution in [-0.4, -0.2) is 14.5 Å². The van der Waals surface area contributed by atoms with E-state index in [-0.39, 0.29) is 0 Å². The number of nitrogens with zero attached hydrogens (tertiary/aromatic N) is 4. The largest absolute Gasteiger partial charge is 0.416 e. The highest BCUT2D eigenvalue weighted by molar-refractivity contribution is 6.11. The van der Waals surface area contributed by atoms with Crippen molar-refractivity contribution in [3.05, 3.63) is 192 Å². The Labute approximate surface area is 321 Å². The van der Waals surface area contributed by atoms with Crippen molar-refractivity contribution < 1.29 is 13.2 Å². The molecule has 56 heavy (non-hydrogen) atoms. The summed E-state index contributed by atoms with van der Waals surface area (Å²) in [6.07, 6.45) is -4.56. The lowest BCUT2D eigenvalue weighted by molar-refractivity contribution is -0.137. The van der Waals surface area contributed by atoms with E-state index in [4.69, 9.17) is 16.5 Å². The van der Waals surface area contributed by atoms with Gasteiger partial charge >= 0.3 is 6.18 Å². The minimum atomic E-state index is -4.56. The van der Waals surface area contributed by atoms with E-state index in [9.17, 15) is 13.2 Å². The lowest BCUT2D eigenvalue weighted by Crippen LogP contribution is -2.06. The van der Waals surface area contributed by atoms with Gasteiger partial charge < -0.3 is 4.57 Å². The van der Waals surface area contributed by atoms with E-state index in [1.54, 1.807) is 12.1 Å². The lowest BCUT2D eigenvalue weighted by Gasteiger charge is -2.22. The second kappa shape index (κ2) is 13.8. The molecule has 0 aliphatic heterocycles. The van der Waals surface area contributed by atoms with E-state index in [0.29, 0.717) is 45.3 Å². The molecular formula is C49H31F3N4. The molecule has 0 unspecified atom stereocenters. The summed E-state index contributed by atoms with van der Waals surface area (Å²) in [4.78, 5) is 14.0. The molecule has 0 N–H and O–H groups in total. The van der Waals surface area contributed by atoms with E-state index in [1.807, 2.05) is 140 Å². The van der Waals surface area contributed by atoms with Crippen LogP contribution in [0.1, 0.15) is 11.1 Å². The Hall–Kier alpha value is -7.30. The van der Waals surface area contributed by atoms with Crippen LogP contribution in [0.3, 0.4) is 0 Å². The van der Waals surface area contributed by atoms with Gasteiger partial charge in [-0.3, -0.25) is 0 Å². The number of benzene rings is 7. The Morgan fingerprint density at radius 3 is 1.71 bits per heavy atom. The fraction of sp³-hybridized carbons (Fsp3) is 0.0408. The minimum absolute atomic E-state index is 0.386. The molecular weight excluding hydrogens is 702 g/mol. The topological polar surface area (TPSA) is 35.1 Å². The number of fused-ring (bicyclic) bond motifs is 3. The second-order valence-electron chi connectivity index (χ2n) is 13.7. The summed E-state index contributed by atoms with van der Waals surface area (Å²) in [6, 6.07) is 52.8. The third-order valence-corrected chi connectivity index (χ3v) is 10.1. The highest BCUT2D eigenvalue weighted by Gasteiger charge is 2.31. The van der Waals surface area contributed by atoms with Gasteiger partial charge in [0, 0.05) is 33.2 Å². The van der Waals surface area contributed by atoms with Crippen LogP contribution < -0.4 is 0 Å². The maximum Gasteiger partial charge on any atom is 0.416 e. The second-order valence-corrected chi connectivity index (χ2v) is 13.7. The molecule has 7 heteroatoms. The highest BCUT2D eigenvalue weighted by atomic mass is 19.4. The Morgan fingerprint density at radius 2 is 1.09 bits per heavy atom. The van der Waals surface area contributed by atoms with Gasteiger partial charge in [0.15, 0.2) is 11.5 Å². The first-order chi connectivity index (χ1) is 27.2. The third-order valence-electron chi connectivity index (χ3n) is 10.1. The molecule has 7 aromatic carbocycles. The van der Waals surface area contributed by atoms with Gasteiger partial charge in [0.05, 0.1) is 40.2 Å². The first-order valence-corrected chi connectivity index (χ1v) is 18.1. The highest BCUT2D eigenvalue weighted by Crippen LogP contribution is 2.45. The Bertz CT molecular complexity index is 2920. The Kier molecular flexibility index (Phi) is 8.52. The van der Waals surface area contributed by atoms with E-state index in [1.165, 1.54) is 12.1 Å². The first-order valence-electron chi connectivity index (χ1n) is 18.1. The molecule has 2 aromatic heterocycles. The lowest BCUT2D eigenvalue weighted by atomic mass is 9.91. The van der Waals surface area contributed by atoms with Crippen molar-refractivity contribution >= 4 is 27.5 Å². The number of halogens is 3. The number of hydrogen-bond acceptors (Lipinski definition) is 2. The van der Waals surface area contributed by atoms with Crippen LogP contribution in [0.25, 0.3) is 88.5 Å². The molecule has 0 saturated heterocycles. The molecule has 0 saturated carbocycles. The monoisotopic (exact) mass is 732 g/mol. The van der Waals surface area contributed by atoms with E-state index >= 15 is 0 Å². The predicted octanol–water partition coefficient (Wildman–Crippen LogP) is 13.8. The maximum absolute atomic E-state index is 14.4. The van der Waals surface area contributed by atoms with Gasteiger partial charge in [-0.25, -0.2) is 14.8 Å². The minimum Gasteiger partial charge on any atom is -0.308 e. The smallest absolute Gasteiger partial charge is 0.308 e. The summed E-state index contributed by atoms with van der Waals surface area (Å²) in [5, 5.41) is 1.79. The van der Waals surface area contributed by atoms with Crippen LogP contribution in [0.15, 0.2) is 170 Å². The van der Waals surface area contributed by atoms with Gasteiger partial charge in [0.1, 0.15) is 0 Å². The summed E-state index contributed by atoms with van der Waals surface area (Å²) in [5.41, 5.74) is 9.65. The SMILES string of the molecule is [C-]#[N+]c1ccc2c(c1)c1ccccc1n2-c1c(-c2cccc(C)c2)cc(-c2nc(-c3ccccc3)cc(-c3ccccc3)n2)cc1-c1cccc(C(F)(F)F)c1. The van der Waals surface area contributed by atoms with Crippen LogP contribution >= 0.6 is 0 Å². The molecule has 0 aliphatic rings. The molecule has 0 spiro atoms. The van der Waals surface area contributed by atoms with Gasteiger partial charge in [-0.1, -0.05) is 127 Å². The van der Waals surface area contributed by atoms with Crippen molar-refractivity contribution in [1.82, 2.24) is 14.5 Å². The van der Waals surface area contributed by atoms with Crippen molar-refractivity contribution in [3.63, 3.8) is 0 Å². The van der Waals surface area contributed by atoms with Crippen molar-refractivity contribution in [2.75, 3.05) is 0 Å². The van der Waals surface area contributed by atoms with Crippen LogP contribution in [0, 0.1) is 13.5 Å². The molecule has 268 valence electrons. The van der Waals surface area contributed by atoms with Gasteiger partial charge in [0.25, 0.3) is 0 Å². The molecule has 0 bridgehead atoms. The normalized spacial score (nSPS) is 11.6. The number of para-hydroxylation sites is 1. The number of rotatable bonds is 6. The van der Waals surface area contributed by atoms with Crippen molar-refractivity contribution in [2.24, 2.45) is 0 Å². The zero-order valence-corrected chi connectivity index (χ0v) is 30.1. The van der Waals surface area contributed by atoms with Crippen LogP contribution in [0.2, 0.25) is 0 Å². The molecule has 0 amide bonds. The van der Waals surface area contributed by atoms with Crippen LogP contribution in [-0.2, 0) is 6.18 Å². The average Bonchev–Trinajstić information content (AvgIpc) is 3.56. The summed E-state index contributed by atoms with van der Waals surface area (Å²) >= 11 is 0. The fourth-order valence-corrected chi connectivity index (χ4v) is 7.48. The predicted molar refractivity (Wildman–Crippen MR) is 220 cm³/mol. The summed E-state index contributed by atoms with van der Waals surface area (Å²) < 4.78 is 45.4.